The number of nitrogens with one attached hydrogen (secondary N) is 2. The number of hydrogen-bond donors (Lipinski definition) is 6. The normalized spacial score (nSPS) is 12.8. The lowest BCUT2D eigenvalue weighted by Gasteiger charge is -2.35. The molecule has 0 radical (unpaired) electrons. The van der Waals surface area contributed by atoms with Crippen LogP contribution in [-0.4, -0.2) is 111 Å². The van der Waals surface area contributed by atoms with Crippen LogP contribution in [0.4, 0.5) is 0 Å². The number of imide groups is 1. The number of rotatable bonds is 30. The fourth-order valence-corrected chi connectivity index (χ4v) is 7.89. The van der Waals surface area contributed by atoms with Gasteiger partial charge in [0, 0.05) is 12.8 Å². The summed E-state index contributed by atoms with van der Waals surface area (Å²) in [6.45, 7) is 0.489. The molecule has 0 saturated heterocycles. The fraction of sp³-hybridized carbons (Fsp3) is 0.380. The quantitative estimate of drug-likeness (QED) is 0.0131. The van der Waals surface area contributed by atoms with Gasteiger partial charge in [-0.3, -0.25) is 24.1 Å². The summed E-state index contributed by atoms with van der Waals surface area (Å²) in [5, 5.41) is 24.7. The molecule has 6 amide bonds. The standard InChI is InChI=1S/C50H62N14O8/c51-30-16-13-27-39(56-44(65)42(33-35-19-5-1-6-20-35)63(60-58-54)46(67)37-23-9-3-10-24-37)48(69)62(41(50(71)72)29-15-18-32-53)49(70)40(28-14-17-31-52)57-45(66)43(34-36-21-7-2-8-22-36)64(61-59-55)47(68)38-25-11-4-12-26-38/h1-12,19-26,39-43H,13-18,27-34,51-53H2,(H,56,65)(H,57,66)(H,71,72)/t39-,40-,41-,42-,43-/m0/s1. The van der Waals surface area contributed by atoms with Crippen molar-refractivity contribution in [2.24, 2.45) is 27.6 Å². The highest BCUT2D eigenvalue weighted by molar-refractivity contribution is 6.06. The minimum atomic E-state index is -1.86. The lowest BCUT2D eigenvalue weighted by Crippen LogP contribution is -2.62. The second-order valence-corrected chi connectivity index (χ2v) is 16.7. The number of aliphatic carboxylic acids is 1. The third-order valence-corrected chi connectivity index (χ3v) is 11.6. The number of carbonyl (C=O) groups is 7. The summed E-state index contributed by atoms with van der Waals surface area (Å²) in [4.78, 5) is 108. The van der Waals surface area contributed by atoms with Crippen molar-refractivity contribution in [2.45, 2.75) is 101 Å². The Morgan fingerprint density at radius 2 is 0.833 bits per heavy atom. The molecule has 0 aromatic heterocycles. The number of nitrogens with two attached hydrogens (primary N) is 3. The number of hydrogen-bond acceptors (Lipinski definition) is 12. The molecule has 9 N–H and O–H groups in total. The van der Waals surface area contributed by atoms with Gasteiger partial charge in [0.05, 0.1) is 11.1 Å². The van der Waals surface area contributed by atoms with Gasteiger partial charge in [-0.2, -0.15) is 19.8 Å². The largest absolute Gasteiger partial charge is 0.480 e. The van der Waals surface area contributed by atoms with Crippen molar-refractivity contribution in [3.05, 3.63) is 164 Å². The van der Waals surface area contributed by atoms with E-state index in [1.165, 1.54) is 24.3 Å². The van der Waals surface area contributed by atoms with Gasteiger partial charge in [0.2, 0.25) is 0 Å². The van der Waals surface area contributed by atoms with Crippen molar-refractivity contribution >= 4 is 41.4 Å². The van der Waals surface area contributed by atoms with Crippen LogP contribution in [0.3, 0.4) is 0 Å². The van der Waals surface area contributed by atoms with E-state index in [1.807, 2.05) is 0 Å². The highest BCUT2D eigenvalue weighted by Crippen LogP contribution is 2.22. The van der Waals surface area contributed by atoms with E-state index < -0.39 is 71.6 Å². The first-order valence-electron chi connectivity index (χ1n) is 23.7. The van der Waals surface area contributed by atoms with Crippen LogP contribution < -0.4 is 27.8 Å². The molecule has 4 aromatic carbocycles. The number of benzene rings is 4. The maximum atomic E-state index is 15.3. The van der Waals surface area contributed by atoms with Crippen molar-refractivity contribution in [3.8, 4) is 0 Å². The van der Waals surface area contributed by atoms with Gasteiger partial charge in [-0.1, -0.05) is 97.1 Å². The summed E-state index contributed by atoms with van der Waals surface area (Å²) in [6.07, 6.45) is 0.424. The van der Waals surface area contributed by atoms with Gasteiger partial charge in [-0.05, 0) is 123 Å². The van der Waals surface area contributed by atoms with Crippen LogP contribution in [0.2, 0.25) is 0 Å². The zero-order valence-electron chi connectivity index (χ0n) is 39.9. The van der Waals surface area contributed by atoms with Crippen molar-refractivity contribution < 1.29 is 38.7 Å². The lowest BCUT2D eigenvalue weighted by atomic mass is 9.99. The zero-order chi connectivity index (χ0) is 52.3. The lowest BCUT2D eigenvalue weighted by molar-refractivity contribution is -0.161. The molecular formula is C50H62N14O8. The number of amides is 6. The molecular weight excluding hydrogens is 925 g/mol. The number of carboxylic acids is 1. The molecule has 72 heavy (non-hydrogen) atoms. The third-order valence-electron chi connectivity index (χ3n) is 11.6. The molecule has 5 atom stereocenters. The molecule has 22 nitrogen and oxygen atoms in total. The molecule has 22 heteroatoms. The smallest absolute Gasteiger partial charge is 0.344 e. The van der Waals surface area contributed by atoms with Crippen LogP contribution >= 0.6 is 0 Å². The molecule has 0 fully saturated rings. The van der Waals surface area contributed by atoms with Gasteiger partial charge < -0.3 is 32.9 Å². The van der Waals surface area contributed by atoms with Gasteiger partial charge >= 0.3 is 17.8 Å². The first kappa shape index (κ1) is 56.5. The van der Waals surface area contributed by atoms with E-state index in [4.69, 9.17) is 17.2 Å². The molecule has 0 unspecified atom stereocenters. The number of unbranched alkanes of at least 4 members (excludes halogenated alkanes) is 3. The second-order valence-electron chi connectivity index (χ2n) is 16.7. The van der Waals surface area contributed by atoms with E-state index in [1.54, 1.807) is 97.1 Å². The van der Waals surface area contributed by atoms with Crippen molar-refractivity contribution in [1.29, 1.82) is 0 Å². The maximum absolute atomic E-state index is 15.3. The minimum absolute atomic E-state index is 0.0746. The van der Waals surface area contributed by atoms with Crippen LogP contribution in [0.5, 0.6) is 0 Å². The van der Waals surface area contributed by atoms with Gasteiger partial charge in [0.25, 0.3) is 23.6 Å². The Labute approximate surface area is 417 Å². The Bertz CT molecular complexity index is 2340. The first-order valence-corrected chi connectivity index (χ1v) is 23.7. The summed E-state index contributed by atoms with van der Waals surface area (Å²) in [5.41, 5.74) is 38.1. The predicted molar refractivity (Wildman–Crippen MR) is 267 cm³/mol. The molecule has 0 bridgehead atoms. The molecule has 0 spiro atoms. The molecule has 380 valence electrons. The van der Waals surface area contributed by atoms with Crippen LogP contribution in [0.1, 0.15) is 89.6 Å². The summed E-state index contributed by atoms with van der Waals surface area (Å²) < 4.78 is 0. The molecule has 0 heterocycles. The summed E-state index contributed by atoms with van der Waals surface area (Å²) in [7, 11) is 0. The molecule has 4 aromatic rings. The van der Waals surface area contributed by atoms with Crippen molar-refractivity contribution in [3.63, 3.8) is 0 Å². The Kier molecular flexibility index (Phi) is 23.9. The van der Waals surface area contributed by atoms with Crippen LogP contribution in [0.25, 0.3) is 20.9 Å². The summed E-state index contributed by atoms with van der Waals surface area (Å²) in [6, 6.07) is 24.1. The van der Waals surface area contributed by atoms with Crippen molar-refractivity contribution in [1.82, 2.24) is 25.6 Å². The average Bonchev–Trinajstić information content (AvgIpc) is 3.40. The monoisotopic (exact) mass is 986 g/mol. The Balaban J connectivity index is 1.86. The number of carboxylic acid groups (broad SMARTS) is 1. The highest BCUT2D eigenvalue weighted by atomic mass is 16.4. The average molecular weight is 987 g/mol. The topological polar surface area (TPSA) is 349 Å². The van der Waals surface area contributed by atoms with E-state index >= 15 is 9.59 Å². The minimum Gasteiger partial charge on any atom is -0.480 e. The Morgan fingerprint density at radius 3 is 1.15 bits per heavy atom. The molecule has 0 aliphatic heterocycles. The van der Waals surface area contributed by atoms with Gasteiger partial charge in [-0.15, -0.1) is 11.1 Å². The predicted octanol–water partition coefficient (Wildman–Crippen LogP) is 5.11. The van der Waals surface area contributed by atoms with E-state index in [2.05, 4.69) is 30.9 Å². The Hall–Kier alpha value is -8.13. The maximum Gasteiger partial charge on any atom is 0.344 e. The van der Waals surface area contributed by atoms with E-state index in [-0.39, 0.29) is 82.1 Å². The summed E-state index contributed by atoms with van der Waals surface area (Å²) >= 11 is 0. The SMILES string of the molecule is [N-]=[N+]=NN(C(=O)c1ccccc1)[C@@H](Cc1ccccc1)C(=O)N[C@@H](CCCCN)C(=O)N(C(=O)[C@H](CCCCN)NC(=O)[C@H](Cc1ccccc1)N(N=[N+]=[N-])C(=O)c1ccccc1)[C@@H](CCCCN)C(=O)O. The van der Waals surface area contributed by atoms with E-state index in [9.17, 15) is 40.1 Å². The first-order chi connectivity index (χ1) is 34.9. The van der Waals surface area contributed by atoms with Crippen molar-refractivity contribution in [2.75, 3.05) is 19.6 Å². The summed E-state index contributed by atoms with van der Waals surface area (Å²) in [5.74, 6) is -7.56. The zero-order valence-corrected chi connectivity index (χ0v) is 39.9. The van der Waals surface area contributed by atoms with Gasteiger partial charge in [0.1, 0.15) is 18.1 Å². The fourth-order valence-electron chi connectivity index (χ4n) is 7.89. The molecule has 0 aliphatic carbocycles. The Morgan fingerprint density at radius 1 is 0.500 bits per heavy atom. The molecule has 0 aliphatic rings. The van der Waals surface area contributed by atoms with Crippen LogP contribution in [0, 0.1) is 0 Å². The molecule has 4 rings (SSSR count). The van der Waals surface area contributed by atoms with Gasteiger partial charge in [-0.25, -0.2) is 14.4 Å². The number of azide groups is 2. The van der Waals surface area contributed by atoms with E-state index in [0.29, 0.717) is 45.3 Å². The number of carbonyl (C=O) groups excluding carboxylic acids is 6. The highest BCUT2D eigenvalue weighted by Gasteiger charge is 2.44. The number of nitrogens with zero attached hydrogens (tertiary/aromatic N) is 9. The van der Waals surface area contributed by atoms with Gasteiger partial charge in [0.15, 0.2) is 12.1 Å². The van der Waals surface area contributed by atoms with E-state index in [0.717, 1.165) is 0 Å². The van der Waals surface area contributed by atoms with Crippen LogP contribution in [0.15, 0.2) is 132 Å². The van der Waals surface area contributed by atoms with Crippen LogP contribution in [-0.2, 0) is 36.8 Å². The molecule has 0 saturated carbocycles. The second kappa shape index (κ2) is 30.5. The third kappa shape index (κ3) is 16.8.